The van der Waals surface area contributed by atoms with E-state index in [0.29, 0.717) is 17.9 Å². The van der Waals surface area contributed by atoms with Gasteiger partial charge < -0.3 is 10.0 Å². The summed E-state index contributed by atoms with van der Waals surface area (Å²) in [6, 6.07) is 6.92. The molecule has 2 heterocycles. The number of aliphatic hydroxyl groups is 1. The van der Waals surface area contributed by atoms with Gasteiger partial charge in [-0.3, -0.25) is 0 Å². The fraction of sp³-hybridized carbons (Fsp3) is 0.462. The highest BCUT2D eigenvalue weighted by Gasteiger charge is 2.33. The van der Waals surface area contributed by atoms with Crippen LogP contribution in [-0.2, 0) is 10.0 Å². The summed E-state index contributed by atoms with van der Waals surface area (Å²) in [7, 11) is -3.54. The van der Waals surface area contributed by atoms with E-state index in [1.165, 1.54) is 0 Å². The summed E-state index contributed by atoms with van der Waals surface area (Å²) in [5.74, 6) is 0.737. The molecule has 1 N–H and O–H groups in total. The van der Waals surface area contributed by atoms with E-state index in [9.17, 15) is 13.5 Å². The molecule has 5 nitrogen and oxygen atoms in total. The highest BCUT2D eigenvalue weighted by Crippen LogP contribution is 2.29. The number of fused-ring (bicyclic) bond motifs is 1. The van der Waals surface area contributed by atoms with Crippen LogP contribution in [0, 0.1) is 5.92 Å². The van der Waals surface area contributed by atoms with Gasteiger partial charge >= 0.3 is 0 Å². The van der Waals surface area contributed by atoms with Crippen LogP contribution in [0.2, 0.25) is 0 Å². The molecule has 2 aliphatic heterocycles. The number of benzene rings is 1. The third kappa shape index (κ3) is 2.15. The summed E-state index contributed by atoms with van der Waals surface area (Å²) >= 11 is 0. The molecule has 1 unspecified atom stereocenters. The van der Waals surface area contributed by atoms with Gasteiger partial charge in [-0.05, 0) is 30.9 Å². The number of nitrogens with zero attached hydrogens (tertiary/aromatic N) is 2. The molecular weight excluding hydrogens is 264 g/mol. The average Bonchev–Trinajstić information content (AvgIpc) is 2.72. The Hall–Kier alpha value is -1.40. The van der Waals surface area contributed by atoms with E-state index < -0.39 is 10.0 Å². The number of likely N-dealkylation sites (tertiary alicyclic amines) is 1. The van der Waals surface area contributed by atoms with E-state index in [1.807, 2.05) is 11.0 Å². The van der Waals surface area contributed by atoms with Crippen molar-refractivity contribution in [3.63, 3.8) is 0 Å². The molecule has 102 valence electrons. The van der Waals surface area contributed by atoms with Gasteiger partial charge in [-0.2, -0.15) is 8.42 Å². The second kappa shape index (κ2) is 4.61. The quantitative estimate of drug-likeness (QED) is 0.827. The van der Waals surface area contributed by atoms with Crippen molar-refractivity contribution in [2.45, 2.75) is 17.7 Å². The van der Waals surface area contributed by atoms with Crippen molar-refractivity contribution in [3.8, 4) is 0 Å². The molecular formula is C13H16N2O3S. The number of piperidine rings is 1. The number of amidine groups is 1. The maximum absolute atomic E-state index is 12.0. The Morgan fingerprint density at radius 1 is 1.37 bits per heavy atom. The molecule has 1 aromatic rings. The van der Waals surface area contributed by atoms with Crippen LogP contribution >= 0.6 is 0 Å². The smallest absolute Gasteiger partial charge is 0.285 e. The SMILES string of the molecule is O=S1(=O)N=C(N2CCCC(CO)C2)c2ccccc21. The van der Waals surface area contributed by atoms with Crippen LogP contribution in [0.25, 0.3) is 0 Å². The molecule has 2 aliphatic rings. The molecule has 1 aromatic carbocycles. The van der Waals surface area contributed by atoms with Gasteiger partial charge in [0.2, 0.25) is 0 Å². The zero-order valence-electron chi connectivity index (χ0n) is 10.5. The van der Waals surface area contributed by atoms with Crippen LogP contribution in [0.1, 0.15) is 18.4 Å². The standard InChI is InChI=1S/C13H16N2O3S/c16-9-10-4-3-7-15(8-10)13-11-5-1-2-6-12(11)19(17,18)14-13/h1-2,5-6,10,16H,3-4,7-9H2. The Kier molecular flexibility index (Phi) is 3.06. The first-order chi connectivity index (χ1) is 9.12. The Bertz CT molecular complexity index is 625. The first-order valence-electron chi connectivity index (χ1n) is 6.42. The normalized spacial score (nSPS) is 25.0. The van der Waals surface area contributed by atoms with Crippen LogP contribution in [0.15, 0.2) is 33.6 Å². The van der Waals surface area contributed by atoms with Crippen molar-refractivity contribution in [3.05, 3.63) is 29.8 Å². The van der Waals surface area contributed by atoms with Crippen molar-refractivity contribution in [1.82, 2.24) is 4.90 Å². The lowest BCUT2D eigenvalue weighted by Crippen LogP contribution is -2.40. The summed E-state index contributed by atoms with van der Waals surface area (Å²) in [6.45, 7) is 1.59. The summed E-state index contributed by atoms with van der Waals surface area (Å²) in [4.78, 5) is 2.27. The van der Waals surface area contributed by atoms with E-state index in [0.717, 1.165) is 19.4 Å². The zero-order chi connectivity index (χ0) is 13.5. The first-order valence-corrected chi connectivity index (χ1v) is 7.86. The fourth-order valence-corrected chi connectivity index (χ4v) is 3.95. The number of rotatable bonds is 1. The Balaban J connectivity index is 1.98. The van der Waals surface area contributed by atoms with E-state index >= 15 is 0 Å². The predicted octanol–water partition coefficient (Wildman–Crippen LogP) is 0.840. The molecule has 6 heteroatoms. The molecule has 19 heavy (non-hydrogen) atoms. The second-order valence-electron chi connectivity index (χ2n) is 5.02. The zero-order valence-corrected chi connectivity index (χ0v) is 11.3. The third-order valence-electron chi connectivity index (χ3n) is 3.69. The van der Waals surface area contributed by atoms with Gasteiger partial charge in [0.05, 0.1) is 0 Å². The molecule has 0 aromatic heterocycles. The van der Waals surface area contributed by atoms with Gasteiger partial charge in [0.15, 0.2) is 5.84 Å². The monoisotopic (exact) mass is 280 g/mol. The highest BCUT2D eigenvalue weighted by atomic mass is 32.2. The Labute approximate surface area is 112 Å². The number of sulfonamides is 1. The first kappa shape index (κ1) is 12.6. The van der Waals surface area contributed by atoms with Gasteiger partial charge in [-0.15, -0.1) is 4.40 Å². The van der Waals surface area contributed by atoms with Crippen LogP contribution in [0.3, 0.4) is 0 Å². The number of aliphatic hydroxyl groups excluding tert-OH is 1. The molecule has 1 fully saturated rings. The highest BCUT2D eigenvalue weighted by molar-refractivity contribution is 7.90. The molecule has 1 atom stereocenters. The summed E-state index contributed by atoms with van der Waals surface area (Å²) in [5.41, 5.74) is 0.682. The van der Waals surface area contributed by atoms with Crippen LogP contribution < -0.4 is 0 Å². The maximum atomic E-state index is 12.0. The van der Waals surface area contributed by atoms with E-state index in [4.69, 9.17) is 0 Å². The van der Waals surface area contributed by atoms with Gasteiger partial charge in [-0.1, -0.05) is 12.1 Å². The topological polar surface area (TPSA) is 70.0 Å². The summed E-state index contributed by atoms with van der Waals surface area (Å²) < 4.78 is 27.9. The van der Waals surface area contributed by atoms with E-state index in [1.54, 1.807) is 18.2 Å². The van der Waals surface area contributed by atoms with Crippen LogP contribution in [0.4, 0.5) is 0 Å². The van der Waals surface area contributed by atoms with Gasteiger partial charge in [0.25, 0.3) is 10.0 Å². The summed E-state index contributed by atoms with van der Waals surface area (Å²) in [5, 5.41) is 9.26. The number of hydrogen-bond acceptors (Lipinski definition) is 4. The van der Waals surface area contributed by atoms with Crippen molar-refractivity contribution in [2.24, 2.45) is 10.3 Å². The molecule has 1 saturated heterocycles. The lowest BCUT2D eigenvalue weighted by atomic mass is 9.98. The van der Waals surface area contributed by atoms with Crippen molar-refractivity contribution < 1.29 is 13.5 Å². The van der Waals surface area contributed by atoms with Gasteiger partial charge in [0, 0.05) is 25.3 Å². The van der Waals surface area contributed by atoms with Crippen LogP contribution in [-0.4, -0.2) is 44.0 Å². The van der Waals surface area contributed by atoms with Gasteiger partial charge in [0.1, 0.15) is 4.90 Å². The molecule has 0 radical (unpaired) electrons. The molecule has 3 rings (SSSR count). The minimum Gasteiger partial charge on any atom is -0.396 e. The lowest BCUT2D eigenvalue weighted by molar-refractivity contribution is 0.161. The van der Waals surface area contributed by atoms with E-state index in [2.05, 4.69) is 4.40 Å². The summed E-state index contributed by atoms with van der Waals surface area (Å²) in [6.07, 6.45) is 1.93. The molecule has 0 spiro atoms. The van der Waals surface area contributed by atoms with Crippen molar-refractivity contribution in [2.75, 3.05) is 19.7 Å². The van der Waals surface area contributed by atoms with E-state index in [-0.39, 0.29) is 17.4 Å². The predicted molar refractivity (Wildman–Crippen MR) is 71.5 cm³/mol. The second-order valence-corrected chi connectivity index (χ2v) is 6.60. The van der Waals surface area contributed by atoms with Crippen molar-refractivity contribution in [1.29, 1.82) is 0 Å². The fourth-order valence-electron chi connectivity index (χ4n) is 2.72. The Morgan fingerprint density at radius 2 is 2.16 bits per heavy atom. The lowest BCUT2D eigenvalue weighted by Gasteiger charge is -2.33. The minimum absolute atomic E-state index is 0.137. The minimum atomic E-state index is -3.54. The maximum Gasteiger partial charge on any atom is 0.285 e. The van der Waals surface area contributed by atoms with Crippen molar-refractivity contribution >= 4 is 15.9 Å². The average molecular weight is 280 g/mol. The Morgan fingerprint density at radius 3 is 2.95 bits per heavy atom. The third-order valence-corrected chi connectivity index (χ3v) is 5.01. The number of hydrogen-bond donors (Lipinski definition) is 1. The molecule has 0 amide bonds. The molecule has 0 saturated carbocycles. The molecule has 0 bridgehead atoms. The van der Waals surface area contributed by atoms with Crippen LogP contribution in [0.5, 0.6) is 0 Å². The largest absolute Gasteiger partial charge is 0.396 e. The molecule has 0 aliphatic carbocycles. The van der Waals surface area contributed by atoms with Gasteiger partial charge in [-0.25, -0.2) is 0 Å².